The number of nitrogens with one attached hydrogen (secondary N) is 1. The molecule has 1 aliphatic heterocycles. The summed E-state index contributed by atoms with van der Waals surface area (Å²) >= 11 is 0. The van der Waals surface area contributed by atoms with Crippen molar-refractivity contribution in [1.82, 2.24) is 5.32 Å². The lowest BCUT2D eigenvalue weighted by atomic mass is 9.81. The molecule has 0 bridgehead atoms. The second-order valence-corrected chi connectivity index (χ2v) is 5.37. The average molecular weight is 211 g/mol. The smallest absolute Gasteiger partial charge is 0.0807 e. The van der Waals surface area contributed by atoms with Crippen molar-refractivity contribution in [2.45, 2.75) is 69.9 Å². The molecular weight excluding hydrogens is 186 g/mol. The molecule has 1 N–H and O–H groups in total. The van der Waals surface area contributed by atoms with E-state index in [0.29, 0.717) is 0 Å². The van der Waals surface area contributed by atoms with Gasteiger partial charge in [-0.3, -0.25) is 0 Å². The molecule has 88 valence electrons. The van der Waals surface area contributed by atoms with Crippen LogP contribution in [0.5, 0.6) is 0 Å². The van der Waals surface area contributed by atoms with Crippen LogP contribution in [0, 0.1) is 0 Å². The minimum atomic E-state index is 0.200. The van der Waals surface area contributed by atoms with Crippen molar-refractivity contribution in [3.8, 4) is 0 Å². The van der Waals surface area contributed by atoms with Crippen LogP contribution in [0.3, 0.4) is 0 Å². The van der Waals surface area contributed by atoms with E-state index < -0.39 is 0 Å². The molecule has 0 amide bonds. The molecule has 2 rings (SSSR count). The van der Waals surface area contributed by atoms with E-state index in [0.717, 1.165) is 13.2 Å². The van der Waals surface area contributed by atoms with E-state index in [-0.39, 0.29) is 11.1 Å². The third-order valence-electron chi connectivity index (χ3n) is 4.56. The molecule has 2 nitrogen and oxygen atoms in total. The van der Waals surface area contributed by atoms with E-state index >= 15 is 0 Å². The van der Waals surface area contributed by atoms with Gasteiger partial charge in [-0.2, -0.15) is 0 Å². The third kappa shape index (κ3) is 2.21. The Bertz CT molecular complexity index is 193. The maximum atomic E-state index is 6.24. The molecule has 1 saturated heterocycles. The molecule has 1 saturated carbocycles. The van der Waals surface area contributed by atoms with Crippen molar-refractivity contribution in [2.75, 3.05) is 13.2 Å². The van der Waals surface area contributed by atoms with Crippen LogP contribution in [0.4, 0.5) is 0 Å². The van der Waals surface area contributed by atoms with Crippen LogP contribution in [0.1, 0.15) is 58.8 Å². The zero-order chi connectivity index (χ0) is 10.8. The number of rotatable bonds is 2. The van der Waals surface area contributed by atoms with E-state index in [4.69, 9.17) is 4.74 Å². The predicted molar refractivity (Wildman–Crippen MR) is 63.1 cm³/mol. The van der Waals surface area contributed by atoms with Gasteiger partial charge in [-0.15, -0.1) is 0 Å². The molecule has 1 aliphatic carbocycles. The second kappa shape index (κ2) is 4.42. The highest BCUT2D eigenvalue weighted by Gasteiger charge is 2.41. The maximum Gasteiger partial charge on any atom is 0.0807 e. The molecular formula is C13H25NO. The fourth-order valence-electron chi connectivity index (χ4n) is 2.96. The monoisotopic (exact) mass is 211 g/mol. The Kier molecular flexibility index (Phi) is 3.36. The summed E-state index contributed by atoms with van der Waals surface area (Å²) < 4.78 is 6.24. The van der Waals surface area contributed by atoms with Gasteiger partial charge in [-0.1, -0.05) is 33.1 Å². The van der Waals surface area contributed by atoms with Crippen LogP contribution in [-0.2, 0) is 4.74 Å². The SMILES string of the molecule is CCC1(CC)COC2(CCCCC2)CN1. The summed E-state index contributed by atoms with van der Waals surface area (Å²) in [4.78, 5) is 0. The molecule has 2 aliphatic rings. The van der Waals surface area contributed by atoms with Gasteiger partial charge in [0.05, 0.1) is 12.2 Å². The second-order valence-electron chi connectivity index (χ2n) is 5.37. The molecule has 0 radical (unpaired) electrons. The normalized spacial score (nSPS) is 29.2. The topological polar surface area (TPSA) is 21.3 Å². The molecule has 0 atom stereocenters. The number of ether oxygens (including phenoxy) is 1. The first-order valence-corrected chi connectivity index (χ1v) is 6.63. The molecule has 0 aromatic carbocycles. The maximum absolute atomic E-state index is 6.24. The minimum Gasteiger partial charge on any atom is -0.372 e. The van der Waals surface area contributed by atoms with E-state index in [2.05, 4.69) is 19.2 Å². The van der Waals surface area contributed by atoms with Crippen LogP contribution < -0.4 is 5.32 Å². The summed E-state index contributed by atoms with van der Waals surface area (Å²) in [6.45, 7) is 6.52. The lowest BCUT2D eigenvalue weighted by molar-refractivity contribution is -0.127. The van der Waals surface area contributed by atoms with Gasteiger partial charge in [0.25, 0.3) is 0 Å². The first-order valence-electron chi connectivity index (χ1n) is 6.63. The van der Waals surface area contributed by atoms with Crippen LogP contribution in [0.15, 0.2) is 0 Å². The lowest BCUT2D eigenvalue weighted by Crippen LogP contribution is -2.62. The Morgan fingerprint density at radius 2 is 1.73 bits per heavy atom. The Morgan fingerprint density at radius 1 is 1.07 bits per heavy atom. The molecule has 0 aromatic heterocycles. The van der Waals surface area contributed by atoms with Crippen molar-refractivity contribution in [3.05, 3.63) is 0 Å². The van der Waals surface area contributed by atoms with Crippen LogP contribution in [-0.4, -0.2) is 24.3 Å². The largest absolute Gasteiger partial charge is 0.372 e. The van der Waals surface area contributed by atoms with Crippen molar-refractivity contribution < 1.29 is 4.74 Å². The molecule has 1 spiro atoms. The zero-order valence-electron chi connectivity index (χ0n) is 10.3. The molecule has 1 heterocycles. The fourth-order valence-corrected chi connectivity index (χ4v) is 2.96. The highest BCUT2D eigenvalue weighted by molar-refractivity contribution is 4.97. The summed E-state index contributed by atoms with van der Waals surface area (Å²) in [5, 5.41) is 3.77. The van der Waals surface area contributed by atoms with E-state index in [1.54, 1.807) is 0 Å². The summed E-state index contributed by atoms with van der Waals surface area (Å²) in [6.07, 6.45) is 9.00. The van der Waals surface area contributed by atoms with Gasteiger partial charge in [0.1, 0.15) is 0 Å². The highest BCUT2D eigenvalue weighted by Crippen LogP contribution is 2.36. The molecule has 2 fully saturated rings. The molecule has 2 heteroatoms. The number of hydrogen-bond acceptors (Lipinski definition) is 2. The molecule has 0 unspecified atom stereocenters. The van der Waals surface area contributed by atoms with Gasteiger partial charge in [-0.05, 0) is 25.7 Å². The summed E-state index contributed by atoms with van der Waals surface area (Å²) in [7, 11) is 0. The zero-order valence-corrected chi connectivity index (χ0v) is 10.3. The standard InChI is InChI=1S/C13H25NO/c1-3-12(4-2)11-15-13(10-14-12)8-6-5-7-9-13/h14H,3-11H2,1-2H3. The molecule has 15 heavy (non-hydrogen) atoms. The molecule has 0 aromatic rings. The van der Waals surface area contributed by atoms with Gasteiger partial charge in [0, 0.05) is 12.1 Å². The van der Waals surface area contributed by atoms with Gasteiger partial charge >= 0.3 is 0 Å². The van der Waals surface area contributed by atoms with Crippen LogP contribution >= 0.6 is 0 Å². The lowest BCUT2D eigenvalue weighted by Gasteiger charge is -2.48. The van der Waals surface area contributed by atoms with Crippen molar-refractivity contribution in [1.29, 1.82) is 0 Å². The Hall–Kier alpha value is -0.0800. The van der Waals surface area contributed by atoms with Gasteiger partial charge < -0.3 is 10.1 Å². The van der Waals surface area contributed by atoms with Gasteiger partial charge in [-0.25, -0.2) is 0 Å². The van der Waals surface area contributed by atoms with Gasteiger partial charge in [0.15, 0.2) is 0 Å². The van der Waals surface area contributed by atoms with E-state index in [9.17, 15) is 0 Å². The average Bonchev–Trinajstić information content (AvgIpc) is 2.32. The number of hydrogen-bond donors (Lipinski definition) is 1. The first-order chi connectivity index (χ1) is 7.24. The van der Waals surface area contributed by atoms with Crippen molar-refractivity contribution in [2.24, 2.45) is 0 Å². The van der Waals surface area contributed by atoms with E-state index in [1.165, 1.54) is 44.9 Å². The minimum absolute atomic E-state index is 0.200. The Balaban J connectivity index is 1.95. The fraction of sp³-hybridized carbons (Fsp3) is 1.00. The van der Waals surface area contributed by atoms with E-state index in [1.807, 2.05) is 0 Å². The Morgan fingerprint density at radius 3 is 2.20 bits per heavy atom. The number of morpholine rings is 1. The van der Waals surface area contributed by atoms with Gasteiger partial charge in [0.2, 0.25) is 0 Å². The van der Waals surface area contributed by atoms with Crippen LogP contribution in [0.2, 0.25) is 0 Å². The third-order valence-corrected chi connectivity index (χ3v) is 4.56. The highest BCUT2D eigenvalue weighted by atomic mass is 16.5. The summed E-state index contributed by atoms with van der Waals surface area (Å²) in [5.41, 5.74) is 0.467. The summed E-state index contributed by atoms with van der Waals surface area (Å²) in [5.74, 6) is 0. The Labute approximate surface area is 93.8 Å². The predicted octanol–water partition coefficient (Wildman–Crippen LogP) is 2.87. The first kappa shape index (κ1) is 11.4. The quantitative estimate of drug-likeness (QED) is 0.758. The van der Waals surface area contributed by atoms with Crippen molar-refractivity contribution in [3.63, 3.8) is 0 Å². The van der Waals surface area contributed by atoms with Crippen molar-refractivity contribution >= 4 is 0 Å². The summed E-state index contributed by atoms with van der Waals surface area (Å²) in [6, 6.07) is 0. The van der Waals surface area contributed by atoms with Crippen LogP contribution in [0.25, 0.3) is 0 Å².